The molecule has 188 valence electrons. The van der Waals surface area contributed by atoms with Gasteiger partial charge in [0.15, 0.2) is 0 Å². The van der Waals surface area contributed by atoms with Crippen LogP contribution >= 0.6 is 0 Å². The topological polar surface area (TPSA) is 142 Å². The Hall–Kier alpha value is -4.32. The highest BCUT2D eigenvalue weighted by atomic mass is 16.6. The number of rotatable bonds is 11. The Kier molecular flexibility index (Phi) is 8.19. The normalized spacial score (nSPS) is 15.3. The van der Waals surface area contributed by atoms with Crippen molar-refractivity contribution in [2.75, 3.05) is 39.5 Å². The Morgan fingerprint density at radius 2 is 1.69 bits per heavy atom. The van der Waals surface area contributed by atoms with Crippen molar-refractivity contribution in [1.29, 1.82) is 0 Å². The van der Waals surface area contributed by atoms with E-state index in [9.17, 15) is 9.59 Å². The number of fused-ring (bicyclic) bond motifs is 1. The summed E-state index contributed by atoms with van der Waals surface area (Å²) in [5, 5.41) is 7.71. The van der Waals surface area contributed by atoms with E-state index in [0.717, 1.165) is 0 Å². The highest BCUT2D eigenvalue weighted by molar-refractivity contribution is 5.88. The molecule has 1 N–H and O–H groups in total. The zero-order valence-corrected chi connectivity index (χ0v) is 19.6. The number of amides is 1. The van der Waals surface area contributed by atoms with E-state index in [0.29, 0.717) is 36.2 Å². The van der Waals surface area contributed by atoms with Crippen LogP contribution in [0.5, 0.6) is 18.0 Å². The molecule has 36 heavy (non-hydrogen) atoms. The minimum absolute atomic E-state index is 0.000848. The van der Waals surface area contributed by atoms with Crippen molar-refractivity contribution in [3.8, 4) is 18.0 Å². The summed E-state index contributed by atoms with van der Waals surface area (Å²) in [6, 6.07) is 7.12. The van der Waals surface area contributed by atoms with Crippen LogP contribution in [0, 0.1) is 0 Å². The van der Waals surface area contributed by atoms with Gasteiger partial charge in [0.2, 0.25) is 5.91 Å². The number of morpholine rings is 1. The second-order valence-electron chi connectivity index (χ2n) is 7.75. The first-order valence-corrected chi connectivity index (χ1v) is 11.3. The molecule has 1 unspecified atom stereocenters. The molecule has 1 aliphatic heterocycles. The quantitative estimate of drug-likeness (QED) is 0.385. The number of hydrogen-bond donors (Lipinski definition) is 1. The molecule has 12 nitrogen and oxygen atoms in total. The lowest BCUT2D eigenvalue weighted by Crippen LogP contribution is -2.48. The van der Waals surface area contributed by atoms with Crippen molar-refractivity contribution in [3.63, 3.8) is 0 Å². The van der Waals surface area contributed by atoms with Crippen LogP contribution in [0.2, 0.25) is 0 Å². The average Bonchev–Trinajstić information content (AvgIpc) is 2.91. The number of carbonyl (C=O) groups excluding carboxylic acids is 1. The standard InChI is InChI=1S/C24H26N6O6/c1-3-10-34-22-25-23(35-11-4-2)27-24(26-22)36-15-16-14-30(9-12-33-16)20(31)13-19-17-7-5-6-8-18(17)21(32)29-28-19/h3-8,16H,1-2,9-15H2,(H,29,32). The largest absolute Gasteiger partial charge is 0.460 e. The Morgan fingerprint density at radius 3 is 2.36 bits per heavy atom. The van der Waals surface area contributed by atoms with Crippen LogP contribution in [-0.4, -0.2) is 81.6 Å². The highest BCUT2D eigenvalue weighted by Crippen LogP contribution is 2.17. The molecule has 4 rings (SSSR count). The van der Waals surface area contributed by atoms with E-state index in [2.05, 4.69) is 38.3 Å². The summed E-state index contributed by atoms with van der Waals surface area (Å²) >= 11 is 0. The number of ether oxygens (including phenoxy) is 4. The SMILES string of the molecule is C=CCOc1nc(OCC=C)nc(OCC2CN(C(=O)Cc3n[nH]c(=O)c4ccccc34)CCO2)n1. The predicted octanol–water partition coefficient (Wildman–Crippen LogP) is 1.09. The number of benzene rings is 1. The molecule has 0 aliphatic carbocycles. The predicted molar refractivity (Wildman–Crippen MR) is 129 cm³/mol. The molecule has 1 fully saturated rings. The summed E-state index contributed by atoms with van der Waals surface area (Å²) in [6.07, 6.45) is 2.75. The summed E-state index contributed by atoms with van der Waals surface area (Å²) in [6.45, 7) is 8.77. The van der Waals surface area contributed by atoms with Gasteiger partial charge in [0.25, 0.3) is 5.56 Å². The number of aromatic nitrogens is 5. The minimum atomic E-state index is -0.408. The van der Waals surface area contributed by atoms with Crippen LogP contribution in [0.15, 0.2) is 54.4 Å². The number of carbonyl (C=O) groups is 1. The Balaban J connectivity index is 1.39. The Labute approximate surface area is 206 Å². The molecule has 0 saturated carbocycles. The molecule has 0 radical (unpaired) electrons. The van der Waals surface area contributed by atoms with E-state index in [1.165, 1.54) is 0 Å². The molecular weight excluding hydrogens is 468 g/mol. The molecule has 0 spiro atoms. The van der Waals surface area contributed by atoms with Crippen LogP contribution in [0.25, 0.3) is 10.8 Å². The van der Waals surface area contributed by atoms with Crippen molar-refractivity contribution in [2.45, 2.75) is 12.5 Å². The van der Waals surface area contributed by atoms with Gasteiger partial charge in [-0.25, -0.2) is 5.10 Å². The van der Waals surface area contributed by atoms with E-state index in [-0.39, 0.29) is 55.7 Å². The van der Waals surface area contributed by atoms with Gasteiger partial charge in [0.05, 0.1) is 30.7 Å². The van der Waals surface area contributed by atoms with E-state index in [1.54, 1.807) is 35.3 Å². The molecule has 1 amide bonds. The number of nitrogens with one attached hydrogen (secondary N) is 1. The fourth-order valence-electron chi connectivity index (χ4n) is 3.56. The van der Waals surface area contributed by atoms with Crippen molar-refractivity contribution < 1.29 is 23.7 Å². The third-order valence-corrected chi connectivity index (χ3v) is 5.22. The van der Waals surface area contributed by atoms with Crippen LogP contribution < -0.4 is 19.8 Å². The lowest BCUT2D eigenvalue weighted by molar-refractivity contribution is -0.139. The van der Waals surface area contributed by atoms with E-state index < -0.39 is 6.10 Å². The van der Waals surface area contributed by atoms with Crippen LogP contribution in [0.4, 0.5) is 0 Å². The molecule has 1 atom stereocenters. The van der Waals surface area contributed by atoms with Crippen molar-refractivity contribution >= 4 is 16.7 Å². The molecule has 3 aromatic rings. The third-order valence-electron chi connectivity index (χ3n) is 5.22. The highest BCUT2D eigenvalue weighted by Gasteiger charge is 2.26. The van der Waals surface area contributed by atoms with Crippen LogP contribution in [-0.2, 0) is 16.0 Å². The maximum Gasteiger partial charge on any atom is 0.326 e. The second-order valence-corrected chi connectivity index (χ2v) is 7.75. The van der Waals surface area contributed by atoms with E-state index in [1.807, 2.05) is 6.07 Å². The zero-order valence-electron chi connectivity index (χ0n) is 19.6. The van der Waals surface area contributed by atoms with Crippen LogP contribution in [0.1, 0.15) is 5.69 Å². The summed E-state index contributed by atoms with van der Waals surface area (Å²) in [5.74, 6) is -0.131. The fourth-order valence-corrected chi connectivity index (χ4v) is 3.56. The summed E-state index contributed by atoms with van der Waals surface area (Å²) in [5.41, 5.74) is 0.221. The Bertz CT molecular complexity index is 1270. The van der Waals surface area contributed by atoms with Gasteiger partial charge < -0.3 is 23.8 Å². The first-order chi connectivity index (χ1) is 17.6. The van der Waals surface area contributed by atoms with Gasteiger partial charge in [-0.05, 0) is 6.07 Å². The first-order valence-electron chi connectivity index (χ1n) is 11.3. The van der Waals surface area contributed by atoms with Crippen molar-refractivity contribution in [2.24, 2.45) is 0 Å². The minimum Gasteiger partial charge on any atom is -0.460 e. The van der Waals surface area contributed by atoms with Crippen molar-refractivity contribution in [1.82, 2.24) is 30.0 Å². The van der Waals surface area contributed by atoms with Gasteiger partial charge in [-0.15, -0.1) is 15.0 Å². The fraction of sp³-hybridized carbons (Fsp3) is 0.333. The van der Waals surface area contributed by atoms with Crippen molar-refractivity contribution in [3.05, 3.63) is 65.6 Å². The van der Waals surface area contributed by atoms with Crippen LogP contribution in [0.3, 0.4) is 0 Å². The zero-order chi connectivity index (χ0) is 25.3. The summed E-state index contributed by atoms with van der Waals surface area (Å²) in [7, 11) is 0. The molecule has 12 heteroatoms. The maximum atomic E-state index is 13.0. The van der Waals surface area contributed by atoms with E-state index in [4.69, 9.17) is 18.9 Å². The molecule has 0 bridgehead atoms. The second kappa shape index (κ2) is 11.9. The smallest absolute Gasteiger partial charge is 0.326 e. The first kappa shape index (κ1) is 24.8. The number of nitrogens with zero attached hydrogens (tertiary/aromatic N) is 5. The average molecular weight is 495 g/mol. The van der Waals surface area contributed by atoms with Gasteiger partial charge >= 0.3 is 18.0 Å². The van der Waals surface area contributed by atoms with Gasteiger partial charge in [-0.1, -0.05) is 43.5 Å². The summed E-state index contributed by atoms with van der Waals surface area (Å²) < 4.78 is 22.2. The molecule has 1 saturated heterocycles. The molecule has 1 aliphatic rings. The third kappa shape index (κ3) is 6.21. The van der Waals surface area contributed by atoms with Gasteiger partial charge in [0, 0.05) is 11.9 Å². The molecule has 1 aromatic carbocycles. The molecule has 2 aromatic heterocycles. The van der Waals surface area contributed by atoms with Gasteiger partial charge in [-0.3, -0.25) is 9.59 Å². The van der Waals surface area contributed by atoms with Gasteiger partial charge in [0.1, 0.15) is 25.9 Å². The van der Waals surface area contributed by atoms with E-state index >= 15 is 0 Å². The number of hydrogen-bond acceptors (Lipinski definition) is 10. The number of aromatic amines is 1. The lowest BCUT2D eigenvalue weighted by atomic mass is 10.1. The van der Waals surface area contributed by atoms with Gasteiger partial charge in [-0.2, -0.15) is 5.10 Å². The monoisotopic (exact) mass is 494 g/mol. The Morgan fingerprint density at radius 1 is 1.06 bits per heavy atom. The number of H-pyrrole nitrogens is 1. The molecule has 3 heterocycles. The lowest BCUT2D eigenvalue weighted by Gasteiger charge is -2.32. The maximum absolute atomic E-state index is 13.0. The summed E-state index contributed by atoms with van der Waals surface area (Å²) in [4.78, 5) is 39.0. The molecular formula is C24H26N6O6.